The molecule has 0 amide bonds. The van der Waals surface area contributed by atoms with Gasteiger partial charge in [-0.25, -0.2) is 0 Å². The van der Waals surface area contributed by atoms with Crippen LogP contribution in [0.15, 0.2) is 18.2 Å². The fraction of sp³-hybridized carbons (Fsp3) is 0.250. The summed E-state index contributed by atoms with van der Waals surface area (Å²) in [5.41, 5.74) is 7.18. The van der Waals surface area contributed by atoms with Gasteiger partial charge in [0.25, 0.3) is 0 Å². The monoisotopic (exact) mass is 171 g/mol. The van der Waals surface area contributed by atoms with E-state index in [1.165, 1.54) is 0 Å². The first kappa shape index (κ1) is 8.21. The highest BCUT2D eigenvalue weighted by Crippen LogP contribution is 2.26. The molecule has 0 aromatic heterocycles. The molecule has 0 spiro atoms. The zero-order chi connectivity index (χ0) is 8.27. The first-order valence-electron chi connectivity index (χ1n) is 3.27. The first-order chi connectivity index (χ1) is 5.29. The molecular weight excluding hydrogens is 162 g/mol. The van der Waals surface area contributed by atoms with Crippen molar-refractivity contribution in [1.29, 1.82) is 0 Å². The van der Waals surface area contributed by atoms with E-state index in [0.29, 0.717) is 17.3 Å². The SMILES string of the molecule is COc1c(N)cccc1CCl. The smallest absolute Gasteiger partial charge is 0.146 e. The predicted molar refractivity (Wildman–Crippen MR) is 47.0 cm³/mol. The van der Waals surface area contributed by atoms with Crippen LogP contribution < -0.4 is 10.5 Å². The van der Waals surface area contributed by atoms with Crippen molar-refractivity contribution in [3.63, 3.8) is 0 Å². The molecule has 2 nitrogen and oxygen atoms in total. The second-order valence-corrected chi connectivity index (χ2v) is 2.44. The van der Waals surface area contributed by atoms with Crippen LogP contribution in [0.25, 0.3) is 0 Å². The molecule has 1 rings (SSSR count). The van der Waals surface area contributed by atoms with Gasteiger partial charge in [0.15, 0.2) is 0 Å². The third-order valence-corrected chi connectivity index (χ3v) is 1.76. The van der Waals surface area contributed by atoms with Crippen LogP contribution in [0, 0.1) is 0 Å². The Labute approximate surface area is 70.9 Å². The van der Waals surface area contributed by atoms with E-state index in [0.717, 1.165) is 5.56 Å². The quantitative estimate of drug-likeness (QED) is 0.546. The number of halogens is 1. The number of hydrogen-bond donors (Lipinski definition) is 1. The van der Waals surface area contributed by atoms with Crippen LogP contribution in [0.3, 0.4) is 0 Å². The zero-order valence-corrected chi connectivity index (χ0v) is 7.06. The summed E-state index contributed by atoms with van der Waals surface area (Å²) in [6.45, 7) is 0. The van der Waals surface area contributed by atoms with Gasteiger partial charge in [-0.2, -0.15) is 0 Å². The van der Waals surface area contributed by atoms with Gasteiger partial charge in [-0.3, -0.25) is 0 Å². The van der Waals surface area contributed by atoms with E-state index >= 15 is 0 Å². The minimum atomic E-state index is 0.425. The highest BCUT2D eigenvalue weighted by atomic mass is 35.5. The Morgan fingerprint density at radius 3 is 2.73 bits per heavy atom. The van der Waals surface area contributed by atoms with Gasteiger partial charge in [0, 0.05) is 5.56 Å². The summed E-state index contributed by atoms with van der Waals surface area (Å²) in [5.74, 6) is 1.11. The molecular formula is C8H10ClNO. The Bertz CT molecular complexity index is 250. The average molecular weight is 172 g/mol. The standard InChI is InChI=1S/C8H10ClNO/c1-11-8-6(5-9)3-2-4-7(8)10/h2-4H,5,10H2,1H3. The maximum atomic E-state index is 5.65. The molecule has 0 bridgehead atoms. The Hall–Kier alpha value is -0.890. The Morgan fingerprint density at radius 2 is 2.27 bits per heavy atom. The van der Waals surface area contributed by atoms with Gasteiger partial charge in [0.2, 0.25) is 0 Å². The third-order valence-electron chi connectivity index (χ3n) is 1.48. The summed E-state index contributed by atoms with van der Waals surface area (Å²) in [6, 6.07) is 5.53. The van der Waals surface area contributed by atoms with Crippen molar-refractivity contribution in [2.45, 2.75) is 5.88 Å². The highest BCUT2D eigenvalue weighted by Gasteiger charge is 2.03. The van der Waals surface area contributed by atoms with E-state index in [1.807, 2.05) is 12.1 Å². The third kappa shape index (κ3) is 1.57. The molecule has 0 heterocycles. The average Bonchev–Trinajstić information content (AvgIpc) is 2.04. The molecule has 0 fully saturated rings. The van der Waals surface area contributed by atoms with Crippen LogP contribution in [0.1, 0.15) is 5.56 Å². The summed E-state index contributed by atoms with van der Waals surface area (Å²) in [7, 11) is 1.59. The Balaban J connectivity index is 3.13. The fourth-order valence-electron chi connectivity index (χ4n) is 0.959. The number of ether oxygens (including phenoxy) is 1. The van der Waals surface area contributed by atoms with Crippen LogP contribution in [-0.2, 0) is 5.88 Å². The summed E-state index contributed by atoms with van der Waals surface area (Å²) in [5, 5.41) is 0. The number of methoxy groups -OCH3 is 1. The van der Waals surface area contributed by atoms with Crippen LogP contribution in [0.4, 0.5) is 5.69 Å². The van der Waals surface area contributed by atoms with Gasteiger partial charge >= 0.3 is 0 Å². The van der Waals surface area contributed by atoms with Crippen molar-refractivity contribution in [1.82, 2.24) is 0 Å². The first-order valence-corrected chi connectivity index (χ1v) is 3.80. The summed E-state index contributed by atoms with van der Waals surface area (Å²) in [4.78, 5) is 0. The molecule has 0 saturated heterocycles. The minimum absolute atomic E-state index is 0.425. The fourth-order valence-corrected chi connectivity index (χ4v) is 1.17. The van der Waals surface area contributed by atoms with Gasteiger partial charge in [-0.1, -0.05) is 12.1 Å². The minimum Gasteiger partial charge on any atom is -0.494 e. The van der Waals surface area contributed by atoms with Gasteiger partial charge < -0.3 is 10.5 Å². The van der Waals surface area contributed by atoms with Gasteiger partial charge in [-0.05, 0) is 6.07 Å². The van der Waals surface area contributed by atoms with Crippen molar-refractivity contribution in [2.24, 2.45) is 0 Å². The van der Waals surface area contributed by atoms with E-state index in [-0.39, 0.29) is 0 Å². The van der Waals surface area contributed by atoms with Crippen molar-refractivity contribution < 1.29 is 4.74 Å². The van der Waals surface area contributed by atoms with Crippen LogP contribution >= 0.6 is 11.6 Å². The number of alkyl halides is 1. The molecule has 2 N–H and O–H groups in total. The summed E-state index contributed by atoms with van der Waals surface area (Å²) in [6.07, 6.45) is 0. The maximum Gasteiger partial charge on any atom is 0.146 e. The lowest BCUT2D eigenvalue weighted by atomic mass is 10.2. The van der Waals surface area contributed by atoms with E-state index in [9.17, 15) is 0 Å². The lowest BCUT2D eigenvalue weighted by Crippen LogP contribution is -1.95. The second-order valence-electron chi connectivity index (χ2n) is 2.17. The maximum absolute atomic E-state index is 5.65. The number of nitrogens with two attached hydrogens (primary N) is 1. The molecule has 0 aliphatic carbocycles. The van der Waals surface area contributed by atoms with Crippen molar-refractivity contribution in [2.75, 3.05) is 12.8 Å². The van der Waals surface area contributed by atoms with E-state index in [2.05, 4.69) is 0 Å². The van der Waals surface area contributed by atoms with Crippen LogP contribution in [0.5, 0.6) is 5.75 Å². The summed E-state index contributed by atoms with van der Waals surface area (Å²) >= 11 is 5.65. The lowest BCUT2D eigenvalue weighted by Gasteiger charge is -2.07. The van der Waals surface area contributed by atoms with Gasteiger partial charge in [0.1, 0.15) is 5.75 Å². The molecule has 0 aliphatic rings. The molecule has 1 aromatic carbocycles. The molecule has 3 heteroatoms. The highest BCUT2D eigenvalue weighted by molar-refractivity contribution is 6.17. The largest absolute Gasteiger partial charge is 0.494 e. The van der Waals surface area contributed by atoms with E-state index in [4.69, 9.17) is 22.1 Å². The normalized spacial score (nSPS) is 9.64. The molecule has 11 heavy (non-hydrogen) atoms. The molecule has 0 unspecified atom stereocenters. The molecule has 0 aliphatic heterocycles. The van der Waals surface area contributed by atoms with Crippen LogP contribution in [0.2, 0.25) is 0 Å². The number of hydrogen-bond acceptors (Lipinski definition) is 2. The lowest BCUT2D eigenvalue weighted by molar-refractivity contribution is 0.413. The number of nitrogen functional groups attached to an aromatic ring is 1. The second kappa shape index (κ2) is 3.49. The van der Waals surface area contributed by atoms with Gasteiger partial charge in [-0.15, -0.1) is 11.6 Å². The number of para-hydroxylation sites is 1. The Morgan fingerprint density at radius 1 is 1.55 bits per heavy atom. The molecule has 1 aromatic rings. The van der Waals surface area contributed by atoms with Crippen molar-refractivity contribution >= 4 is 17.3 Å². The van der Waals surface area contributed by atoms with Crippen LogP contribution in [-0.4, -0.2) is 7.11 Å². The molecule has 60 valence electrons. The van der Waals surface area contributed by atoms with Gasteiger partial charge in [0.05, 0.1) is 18.7 Å². The van der Waals surface area contributed by atoms with E-state index in [1.54, 1.807) is 13.2 Å². The molecule has 0 atom stereocenters. The summed E-state index contributed by atoms with van der Waals surface area (Å²) < 4.78 is 5.06. The number of anilines is 1. The van der Waals surface area contributed by atoms with E-state index < -0.39 is 0 Å². The zero-order valence-electron chi connectivity index (χ0n) is 6.30. The molecule has 0 saturated carbocycles. The Kier molecular flexibility index (Phi) is 2.60. The van der Waals surface area contributed by atoms with Crippen molar-refractivity contribution in [3.8, 4) is 5.75 Å². The molecule has 0 radical (unpaired) electrons. The topological polar surface area (TPSA) is 35.2 Å². The number of rotatable bonds is 2. The van der Waals surface area contributed by atoms with Crippen molar-refractivity contribution in [3.05, 3.63) is 23.8 Å². The number of benzene rings is 1. The predicted octanol–water partition coefficient (Wildman–Crippen LogP) is 2.02.